The molecule has 0 saturated heterocycles. The van der Waals surface area contributed by atoms with Crippen LogP contribution >= 0.6 is 11.6 Å². The van der Waals surface area contributed by atoms with Crippen LogP contribution in [0.2, 0.25) is 5.02 Å². The standard InChI is InChI=1S/C12H14ClF3N2O/c1-6(7(2)17)11(19)18-10-4-8(12(14,15)16)3-9(13)5-10/h3-7H,17H2,1-2H3,(H,18,19). The molecule has 0 saturated carbocycles. The van der Waals surface area contributed by atoms with Crippen LogP contribution in [0.3, 0.4) is 0 Å². The van der Waals surface area contributed by atoms with Crippen LogP contribution < -0.4 is 11.1 Å². The Labute approximate surface area is 113 Å². The zero-order chi connectivity index (χ0) is 14.8. The molecule has 2 atom stereocenters. The van der Waals surface area contributed by atoms with Gasteiger partial charge < -0.3 is 11.1 Å². The van der Waals surface area contributed by atoms with Crippen LogP contribution in [0.1, 0.15) is 19.4 Å². The third kappa shape index (κ3) is 4.40. The van der Waals surface area contributed by atoms with Crippen LogP contribution in [0, 0.1) is 5.92 Å². The van der Waals surface area contributed by atoms with Crippen LogP contribution in [-0.2, 0) is 11.0 Å². The molecule has 1 rings (SSSR count). The maximum atomic E-state index is 12.6. The molecule has 0 spiro atoms. The minimum absolute atomic E-state index is 0.00248. The van der Waals surface area contributed by atoms with Crippen molar-refractivity contribution in [2.75, 3.05) is 5.32 Å². The first-order valence-electron chi connectivity index (χ1n) is 5.55. The largest absolute Gasteiger partial charge is 0.416 e. The summed E-state index contributed by atoms with van der Waals surface area (Å²) < 4.78 is 37.7. The lowest BCUT2D eigenvalue weighted by Gasteiger charge is -2.16. The second-order valence-electron chi connectivity index (χ2n) is 4.36. The van der Waals surface area contributed by atoms with Crippen molar-refractivity contribution in [3.8, 4) is 0 Å². The third-order valence-electron chi connectivity index (χ3n) is 2.69. The average Bonchev–Trinajstić information content (AvgIpc) is 2.25. The predicted molar refractivity (Wildman–Crippen MR) is 67.9 cm³/mol. The van der Waals surface area contributed by atoms with Crippen molar-refractivity contribution in [2.24, 2.45) is 11.7 Å². The molecule has 0 aromatic heterocycles. The Kier molecular flexibility index (Phi) is 4.81. The van der Waals surface area contributed by atoms with Gasteiger partial charge in [-0.2, -0.15) is 13.2 Å². The van der Waals surface area contributed by atoms with Crippen LogP contribution in [0.4, 0.5) is 18.9 Å². The highest BCUT2D eigenvalue weighted by molar-refractivity contribution is 6.31. The fraction of sp³-hybridized carbons (Fsp3) is 0.417. The zero-order valence-corrected chi connectivity index (χ0v) is 11.1. The fourth-order valence-electron chi connectivity index (χ4n) is 1.32. The molecule has 1 amide bonds. The van der Waals surface area contributed by atoms with E-state index in [0.717, 1.165) is 12.1 Å². The zero-order valence-electron chi connectivity index (χ0n) is 10.4. The van der Waals surface area contributed by atoms with Gasteiger partial charge in [0.1, 0.15) is 0 Å². The molecule has 1 aromatic carbocycles. The molecule has 1 aromatic rings. The molecule has 0 radical (unpaired) electrons. The number of benzene rings is 1. The second-order valence-corrected chi connectivity index (χ2v) is 4.80. The number of carbonyl (C=O) groups is 1. The number of anilines is 1. The van der Waals surface area contributed by atoms with Crippen molar-refractivity contribution in [3.05, 3.63) is 28.8 Å². The lowest BCUT2D eigenvalue weighted by molar-refractivity contribution is -0.137. The molecule has 0 fully saturated rings. The summed E-state index contributed by atoms with van der Waals surface area (Å²) in [4.78, 5) is 11.7. The van der Waals surface area contributed by atoms with E-state index < -0.39 is 29.6 Å². The molecule has 0 heterocycles. The monoisotopic (exact) mass is 294 g/mol. The number of carbonyl (C=O) groups excluding carboxylic acids is 1. The van der Waals surface area contributed by atoms with Crippen molar-refractivity contribution in [1.29, 1.82) is 0 Å². The van der Waals surface area contributed by atoms with Crippen molar-refractivity contribution in [1.82, 2.24) is 0 Å². The summed E-state index contributed by atoms with van der Waals surface area (Å²) >= 11 is 5.61. The summed E-state index contributed by atoms with van der Waals surface area (Å²) in [6.07, 6.45) is -4.52. The van der Waals surface area contributed by atoms with Gasteiger partial charge in [0.2, 0.25) is 5.91 Å². The summed E-state index contributed by atoms with van der Waals surface area (Å²) in [7, 11) is 0. The molecule has 106 valence electrons. The number of rotatable bonds is 3. The molecule has 0 bridgehead atoms. The first-order chi connectivity index (χ1) is 8.61. The maximum absolute atomic E-state index is 12.6. The van der Waals surface area contributed by atoms with E-state index in [-0.39, 0.29) is 10.7 Å². The fourth-order valence-corrected chi connectivity index (χ4v) is 1.56. The minimum atomic E-state index is -4.52. The molecule has 0 aliphatic carbocycles. The van der Waals surface area contributed by atoms with E-state index in [1.807, 2.05) is 0 Å². The lowest BCUT2D eigenvalue weighted by atomic mass is 10.0. The number of halogens is 4. The van der Waals surface area contributed by atoms with E-state index in [4.69, 9.17) is 17.3 Å². The summed E-state index contributed by atoms with van der Waals surface area (Å²) in [6.45, 7) is 3.23. The van der Waals surface area contributed by atoms with E-state index in [0.29, 0.717) is 0 Å². The van der Waals surface area contributed by atoms with Crippen molar-refractivity contribution in [3.63, 3.8) is 0 Å². The first-order valence-corrected chi connectivity index (χ1v) is 5.93. The molecule has 0 aliphatic heterocycles. The number of nitrogens with one attached hydrogen (secondary N) is 1. The van der Waals surface area contributed by atoms with Gasteiger partial charge in [-0.3, -0.25) is 4.79 Å². The predicted octanol–water partition coefficient (Wildman–Crippen LogP) is 3.28. The number of hydrogen-bond donors (Lipinski definition) is 2. The van der Waals surface area contributed by atoms with Gasteiger partial charge in [-0.15, -0.1) is 0 Å². The van der Waals surface area contributed by atoms with Crippen molar-refractivity contribution >= 4 is 23.2 Å². The minimum Gasteiger partial charge on any atom is -0.327 e. The van der Waals surface area contributed by atoms with Crippen molar-refractivity contribution < 1.29 is 18.0 Å². The Hall–Kier alpha value is -1.27. The van der Waals surface area contributed by atoms with E-state index >= 15 is 0 Å². The quantitative estimate of drug-likeness (QED) is 0.899. The number of alkyl halides is 3. The van der Waals surface area contributed by atoms with Gasteiger partial charge in [0.05, 0.1) is 11.5 Å². The van der Waals surface area contributed by atoms with Gasteiger partial charge in [-0.05, 0) is 25.1 Å². The molecular formula is C12H14ClF3N2O. The second kappa shape index (κ2) is 5.79. The maximum Gasteiger partial charge on any atom is 0.416 e. The Morgan fingerprint density at radius 2 is 1.89 bits per heavy atom. The van der Waals surface area contributed by atoms with Gasteiger partial charge in [0.25, 0.3) is 0 Å². The Morgan fingerprint density at radius 1 is 1.32 bits per heavy atom. The van der Waals surface area contributed by atoms with E-state index in [9.17, 15) is 18.0 Å². The van der Waals surface area contributed by atoms with Gasteiger partial charge in [-0.1, -0.05) is 18.5 Å². The average molecular weight is 295 g/mol. The van der Waals surface area contributed by atoms with E-state index in [1.165, 1.54) is 6.07 Å². The molecule has 3 nitrogen and oxygen atoms in total. The van der Waals surface area contributed by atoms with Crippen LogP contribution in [0.5, 0.6) is 0 Å². The molecule has 7 heteroatoms. The van der Waals surface area contributed by atoms with Gasteiger partial charge in [-0.25, -0.2) is 0 Å². The van der Waals surface area contributed by atoms with Crippen LogP contribution in [0.25, 0.3) is 0 Å². The number of nitrogens with two attached hydrogens (primary N) is 1. The lowest BCUT2D eigenvalue weighted by Crippen LogP contribution is -2.34. The van der Waals surface area contributed by atoms with Crippen molar-refractivity contribution in [2.45, 2.75) is 26.1 Å². The number of amides is 1. The molecule has 2 unspecified atom stereocenters. The molecule has 19 heavy (non-hydrogen) atoms. The molecule has 3 N–H and O–H groups in total. The third-order valence-corrected chi connectivity index (χ3v) is 2.91. The molecule has 0 aliphatic rings. The molecular weight excluding hydrogens is 281 g/mol. The van der Waals surface area contributed by atoms with E-state index in [2.05, 4.69) is 5.32 Å². The summed E-state index contributed by atoms with van der Waals surface area (Å²) in [5.41, 5.74) is 4.64. The highest BCUT2D eigenvalue weighted by Gasteiger charge is 2.31. The Balaban J connectivity index is 2.97. The van der Waals surface area contributed by atoms with Gasteiger partial charge in [0.15, 0.2) is 0 Å². The van der Waals surface area contributed by atoms with Crippen LogP contribution in [-0.4, -0.2) is 11.9 Å². The smallest absolute Gasteiger partial charge is 0.327 e. The summed E-state index contributed by atoms with van der Waals surface area (Å²) in [6, 6.07) is 2.48. The highest BCUT2D eigenvalue weighted by Crippen LogP contribution is 2.33. The van der Waals surface area contributed by atoms with Gasteiger partial charge >= 0.3 is 6.18 Å². The van der Waals surface area contributed by atoms with E-state index in [1.54, 1.807) is 13.8 Å². The summed E-state index contributed by atoms with van der Waals surface area (Å²) in [5, 5.41) is 2.27. The van der Waals surface area contributed by atoms with Crippen LogP contribution in [0.15, 0.2) is 18.2 Å². The van der Waals surface area contributed by atoms with Gasteiger partial charge in [0, 0.05) is 16.8 Å². The Bertz CT molecular complexity index is 475. The first kappa shape index (κ1) is 15.8. The summed E-state index contributed by atoms with van der Waals surface area (Å²) in [5.74, 6) is -0.973. The number of hydrogen-bond acceptors (Lipinski definition) is 2. The topological polar surface area (TPSA) is 55.1 Å². The SMILES string of the molecule is CC(N)C(C)C(=O)Nc1cc(Cl)cc(C(F)(F)F)c1. The highest BCUT2D eigenvalue weighted by atomic mass is 35.5. The Morgan fingerprint density at radius 3 is 2.37 bits per heavy atom. The normalized spacial score (nSPS) is 14.9.